The van der Waals surface area contributed by atoms with Crippen LogP contribution >= 0.6 is 0 Å². The van der Waals surface area contributed by atoms with Crippen LogP contribution in [0.4, 0.5) is 16.2 Å². The van der Waals surface area contributed by atoms with E-state index in [1.54, 1.807) is 24.3 Å². The SMILES string of the molecule is CCCCN(C(=O)Nc1ccc2c(c1)OCO2)C1CCN(Cc2ccc(Oc3ccc(NS(C)(=O)=O)cc3)cc2)CC1. The number of nitrogens with zero attached hydrogens (tertiary/aromatic N) is 2. The summed E-state index contributed by atoms with van der Waals surface area (Å²) < 4.78 is 42.0. The molecule has 2 aliphatic heterocycles. The normalized spacial score (nSPS) is 15.3. The molecule has 5 rings (SSSR count). The van der Waals surface area contributed by atoms with Gasteiger partial charge in [0.25, 0.3) is 0 Å². The number of ether oxygens (including phenoxy) is 3. The lowest BCUT2D eigenvalue weighted by atomic mass is 10.0. The summed E-state index contributed by atoms with van der Waals surface area (Å²) in [5, 5.41) is 3.06. The highest BCUT2D eigenvalue weighted by molar-refractivity contribution is 7.92. The number of carbonyl (C=O) groups excluding carboxylic acids is 1. The van der Waals surface area contributed by atoms with Gasteiger partial charge >= 0.3 is 6.03 Å². The number of hydrogen-bond acceptors (Lipinski definition) is 7. The predicted molar refractivity (Wildman–Crippen MR) is 163 cm³/mol. The zero-order chi connectivity index (χ0) is 29.5. The van der Waals surface area contributed by atoms with Crippen molar-refractivity contribution in [2.45, 2.75) is 45.2 Å². The van der Waals surface area contributed by atoms with Crippen LogP contribution in [-0.4, -0.2) is 63.0 Å². The van der Waals surface area contributed by atoms with Crippen LogP contribution in [0.1, 0.15) is 38.2 Å². The molecule has 2 aliphatic rings. The lowest BCUT2D eigenvalue weighted by Crippen LogP contribution is -2.49. The number of fused-ring (bicyclic) bond motifs is 1. The summed E-state index contributed by atoms with van der Waals surface area (Å²) in [5.74, 6) is 2.68. The van der Waals surface area contributed by atoms with Crippen LogP contribution in [0.15, 0.2) is 66.7 Å². The molecule has 224 valence electrons. The average Bonchev–Trinajstić information content (AvgIpc) is 3.43. The summed E-state index contributed by atoms with van der Waals surface area (Å²) in [6.45, 7) is 5.73. The van der Waals surface area contributed by atoms with Crippen molar-refractivity contribution >= 4 is 27.4 Å². The van der Waals surface area contributed by atoms with E-state index in [1.807, 2.05) is 35.2 Å². The molecule has 11 heteroatoms. The summed E-state index contributed by atoms with van der Waals surface area (Å²) in [7, 11) is -3.32. The van der Waals surface area contributed by atoms with E-state index in [1.165, 1.54) is 5.56 Å². The second-order valence-corrected chi connectivity index (χ2v) is 12.4. The van der Waals surface area contributed by atoms with Gasteiger partial charge in [-0.15, -0.1) is 0 Å². The summed E-state index contributed by atoms with van der Waals surface area (Å²) >= 11 is 0. The first-order valence-electron chi connectivity index (χ1n) is 14.3. The lowest BCUT2D eigenvalue weighted by molar-refractivity contribution is 0.122. The number of anilines is 2. The number of carbonyl (C=O) groups is 1. The quantitative estimate of drug-likeness (QED) is 0.285. The van der Waals surface area contributed by atoms with Gasteiger partial charge in [0.15, 0.2) is 11.5 Å². The van der Waals surface area contributed by atoms with Crippen molar-refractivity contribution in [3.63, 3.8) is 0 Å². The monoisotopic (exact) mass is 594 g/mol. The number of urea groups is 1. The summed E-state index contributed by atoms with van der Waals surface area (Å²) in [6.07, 6.45) is 4.95. The predicted octanol–water partition coefficient (Wildman–Crippen LogP) is 5.88. The van der Waals surface area contributed by atoms with Gasteiger partial charge in [-0.25, -0.2) is 13.2 Å². The highest BCUT2D eigenvalue weighted by Gasteiger charge is 2.28. The second kappa shape index (κ2) is 13.3. The van der Waals surface area contributed by atoms with E-state index in [4.69, 9.17) is 14.2 Å². The third-order valence-corrected chi connectivity index (χ3v) is 7.96. The number of hydrogen-bond donors (Lipinski definition) is 2. The van der Waals surface area contributed by atoms with E-state index in [0.29, 0.717) is 34.4 Å². The van der Waals surface area contributed by atoms with Gasteiger partial charge in [-0.3, -0.25) is 9.62 Å². The number of piperidine rings is 1. The van der Waals surface area contributed by atoms with E-state index in [9.17, 15) is 13.2 Å². The zero-order valence-corrected chi connectivity index (χ0v) is 24.9. The van der Waals surface area contributed by atoms with Gasteiger partial charge in [-0.05, 0) is 73.4 Å². The van der Waals surface area contributed by atoms with Crippen LogP contribution in [-0.2, 0) is 16.6 Å². The molecular weight excluding hydrogens is 556 g/mol. The van der Waals surface area contributed by atoms with Gasteiger partial charge in [-0.1, -0.05) is 25.5 Å². The van der Waals surface area contributed by atoms with E-state index in [0.717, 1.165) is 58.1 Å². The van der Waals surface area contributed by atoms with Crippen LogP contribution in [0.5, 0.6) is 23.0 Å². The Morgan fingerprint density at radius 3 is 2.26 bits per heavy atom. The zero-order valence-electron chi connectivity index (χ0n) is 24.0. The fraction of sp³-hybridized carbons (Fsp3) is 0.387. The Bertz CT molecular complexity index is 1460. The molecule has 0 spiro atoms. The Labute approximate surface area is 247 Å². The summed E-state index contributed by atoms with van der Waals surface area (Å²) in [6, 6.07) is 20.4. The molecule has 0 bridgehead atoms. The molecule has 0 unspecified atom stereocenters. The topological polar surface area (TPSA) is 109 Å². The first-order chi connectivity index (χ1) is 20.3. The molecule has 3 aromatic rings. The second-order valence-electron chi connectivity index (χ2n) is 10.7. The van der Waals surface area contributed by atoms with Crippen molar-refractivity contribution in [1.82, 2.24) is 9.80 Å². The number of benzene rings is 3. The Balaban J connectivity index is 1.11. The molecule has 2 amide bonds. The molecule has 0 aromatic heterocycles. The number of likely N-dealkylation sites (tertiary alicyclic amines) is 1. The largest absolute Gasteiger partial charge is 0.457 e. The minimum absolute atomic E-state index is 0.0716. The lowest BCUT2D eigenvalue weighted by Gasteiger charge is -2.38. The van der Waals surface area contributed by atoms with E-state index in [-0.39, 0.29) is 18.9 Å². The number of rotatable bonds is 11. The fourth-order valence-corrected chi connectivity index (χ4v) is 5.76. The molecule has 1 saturated heterocycles. The van der Waals surface area contributed by atoms with Gasteiger partial charge in [0.1, 0.15) is 11.5 Å². The maximum atomic E-state index is 13.3. The molecule has 10 nitrogen and oxygen atoms in total. The molecule has 0 aliphatic carbocycles. The number of sulfonamides is 1. The van der Waals surface area contributed by atoms with Gasteiger partial charge in [0, 0.05) is 49.7 Å². The Morgan fingerprint density at radius 1 is 0.952 bits per heavy atom. The standard InChI is InChI=1S/C31H38N4O6S/c1-3-4-17-35(31(36)32-25-9-14-29-30(20-25)40-22-39-29)26-15-18-34(19-16-26)21-23-5-10-27(11-6-23)41-28-12-7-24(8-13-28)33-42(2,37)38/h5-14,20,26,33H,3-4,15-19,21-22H2,1-2H3,(H,32,36). The Kier molecular flexibility index (Phi) is 9.38. The highest BCUT2D eigenvalue weighted by Crippen LogP contribution is 2.34. The smallest absolute Gasteiger partial charge is 0.322 e. The first kappa shape index (κ1) is 29.5. The van der Waals surface area contributed by atoms with E-state index in [2.05, 4.69) is 34.0 Å². The molecule has 3 aromatic carbocycles. The Hall–Kier alpha value is -3.96. The third-order valence-electron chi connectivity index (χ3n) is 7.36. The van der Waals surface area contributed by atoms with Crippen LogP contribution < -0.4 is 24.2 Å². The molecular formula is C31H38N4O6S. The maximum absolute atomic E-state index is 13.3. The van der Waals surface area contributed by atoms with Crippen LogP contribution in [0.3, 0.4) is 0 Å². The number of nitrogens with one attached hydrogen (secondary N) is 2. The van der Waals surface area contributed by atoms with Crippen LogP contribution in [0, 0.1) is 0 Å². The maximum Gasteiger partial charge on any atom is 0.322 e. The van der Waals surface area contributed by atoms with Gasteiger partial charge < -0.3 is 24.4 Å². The van der Waals surface area contributed by atoms with Crippen molar-refractivity contribution in [1.29, 1.82) is 0 Å². The highest BCUT2D eigenvalue weighted by atomic mass is 32.2. The molecule has 2 heterocycles. The van der Waals surface area contributed by atoms with E-state index >= 15 is 0 Å². The van der Waals surface area contributed by atoms with Crippen molar-refractivity contribution in [2.24, 2.45) is 0 Å². The molecule has 0 saturated carbocycles. The summed E-state index contributed by atoms with van der Waals surface area (Å²) in [5.41, 5.74) is 2.39. The van der Waals surface area contributed by atoms with Gasteiger partial charge in [0.2, 0.25) is 16.8 Å². The van der Waals surface area contributed by atoms with Crippen molar-refractivity contribution in [2.75, 3.05) is 42.7 Å². The molecule has 0 atom stereocenters. The third kappa shape index (κ3) is 8.07. The Morgan fingerprint density at radius 2 is 1.60 bits per heavy atom. The molecule has 0 radical (unpaired) electrons. The minimum atomic E-state index is -3.32. The van der Waals surface area contributed by atoms with E-state index < -0.39 is 10.0 Å². The minimum Gasteiger partial charge on any atom is -0.457 e. The molecule has 42 heavy (non-hydrogen) atoms. The number of amides is 2. The fourth-order valence-electron chi connectivity index (χ4n) is 5.20. The van der Waals surface area contributed by atoms with Crippen LogP contribution in [0.25, 0.3) is 0 Å². The van der Waals surface area contributed by atoms with Gasteiger partial charge in [-0.2, -0.15) is 0 Å². The van der Waals surface area contributed by atoms with Crippen LogP contribution in [0.2, 0.25) is 0 Å². The first-order valence-corrected chi connectivity index (χ1v) is 16.2. The summed E-state index contributed by atoms with van der Waals surface area (Å²) in [4.78, 5) is 17.7. The van der Waals surface area contributed by atoms with Crippen molar-refractivity contribution < 1.29 is 27.4 Å². The number of unbranched alkanes of at least 4 members (excludes halogenated alkanes) is 1. The van der Waals surface area contributed by atoms with Gasteiger partial charge in [0.05, 0.1) is 6.26 Å². The van der Waals surface area contributed by atoms with Crippen molar-refractivity contribution in [3.05, 3.63) is 72.3 Å². The molecule has 1 fully saturated rings. The molecule has 2 N–H and O–H groups in total. The van der Waals surface area contributed by atoms with Crippen molar-refractivity contribution in [3.8, 4) is 23.0 Å². The average molecular weight is 595 g/mol.